The van der Waals surface area contributed by atoms with Gasteiger partial charge in [-0.05, 0) is 56.3 Å². The monoisotopic (exact) mass is 337 g/mol. The van der Waals surface area contributed by atoms with Crippen molar-refractivity contribution < 1.29 is 13.2 Å². The zero-order valence-electron chi connectivity index (χ0n) is 12.2. The molecule has 2 rings (SSSR count). The first kappa shape index (κ1) is 16.5. The molecule has 0 aromatic heterocycles. The predicted octanol–water partition coefficient (Wildman–Crippen LogP) is 3.77. The standard InChI is InChI=1S/C16H16ClNO3S/c1-11(2)22(20,21)15-5-3-4-12(10-15)16(19)18-14-8-6-13(17)7-9-14/h3-11H,1-2H3,(H,18,19). The molecule has 22 heavy (non-hydrogen) atoms. The van der Waals surface area contributed by atoms with Crippen LogP contribution in [0.3, 0.4) is 0 Å². The van der Waals surface area contributed by atoms with Gasteiger partial charge in [-0.25, -0.2) is 8.42 Å². The maximum Gasteiger partial charge on any atom is 0.255 e. The minimum absolute atomic E-state index is 0.145. The molecule has 0 spiro atoms. The van der Waals surface area contributed by atoms with Crippen LogP contribution in [-0.4, -0.2) is 19.6 Å². The molecule has 0 atom stereocenters. The van der Waals surface area contributed by atoms with Gasteiger partial charge in [-0.3, -0.25) is 4.79 Å². The van der Waals surface area contributed by atoms with Crippen molar-refractivity contribution in [2.24, 2.45) is 0 Å². The quantitative estimate of drug-likeness (QED) is 0.923. The van der Waals surface area contributed by atoms with E-state index in [-0.39, 0.29) is 16.4 Å². The lowest BCUT2D eigenvalue weighted by Gasteiger charge is -2.10. The van der Waals surface area contributed by atoms with Crippen LogP contribution >= 0.6 is 11.6 Å². The highest BCUT2D eigenvalue weighted by Crippen LogP contribution is 2.19. The van der Waals surface area contributed by atoms with Gasteiger partial charge in [0.15, 0.2) is 9.84 Å². The summed E-state index contributed by atoms with van der Waals surface area (Å²) in [6.07, 6.45) is 0. The average molecular weight is 338 g/mol. The van der Waals surface area contributed by atoms with Crippen LogP contribution in [-0.2, 0) is 9.84 Å². The molecular formula is C16H16ClNO3S. The highest BCUT2D eigenvalue weighted by molar-refractivity contribution is 7.92. The van der Waals surface area contributed by atoms with E-state index in [0.29, 0.717) is 10.7 Å². The van der Waals surface area contributed by atoms with Gasteiger partial charge >= 0.3 is 0 Å². The smallest absolute Gasteiger partial charge is 0.255 e. The summed E-state index contributed by atoms with van der Waals surface area (Å²) in [4.78, 5) is 12.4. The Hall–Kier alpha value is -1.85. The van der Waals surface area contributed by atoms with Crippen molar-refractivity contribution in [2.75, 3.05) is 5.32 Å². The number of rotatable bonds is 4. The van der Waals surface area contributed by atoms with E-state index >= 15 is 0 Å². The second-order valence-corrected chi connectivity index (χ2v) is 8.02. The first-order valence-electron chi connectivity index (χ1n) is 6.71. The summed E-state index contributed by atoms with van der Waals surface area (Å²) in [5.41, 5.74) is 0.878. The first-order valence-corrected chi connectivity index (χ1v) is 8.64. The Morgan fingerprint density at radius 3 is 2.32 bits per heavy atom. The largest absolute Gasteiger partial charge is 0.322 e. The number of halogens is 1. The second-order valence-electron chi connectivity index (χ2n) is 5.08. The van der Waals surface area contributed by atoms with Crippen LogP contribution in [0.1, 0.15) is 24.2 Å². The topological polar surface area (TPSA) is 63.2 Å². The third-order valence-electron chi connectivity index (χ3n) is 3.15. The second kappa shape index (κ2) is 6.50. The van der Waals surface area contributed by atoms with Crippen LogP contribution in [0.5, 0.6) is 0 Å². The summed E-state index contributed by atoms with van der Waals surface area (Å²) in [5, 5.41) is 2.73. The minimum atomic E-state index is -3.41. The Morgan fingerprint density at radius 1 is 1.09 bits per heavy atom. The van der Waals surface area contributed by atoms with Crippen LogP contribution in [0.2, 0.25) is 5.02 Å². The molecule has 4 nitrogen and oxygen atoms in total. The molecular weight excluding hydrogens is 322 g/mol. The maximum atomic E-state index is 12.2. The van der Waals surface area contributed by atoms with Gasteiger partial charge in [0.1, 0.15) is 0 Å². The number of sulfone groups is 1. The minimum Gasteiger partial charge on any atom is -0.322 e. The fourth-order valence-corrected chi connectivity index (χ4v) is 3.05. The SMILES string of the molecule is CC(C)S(=O)(=O)c1cccc(C(=O)Nc2ccc(Cl)cc2)c1. The van der Waals surface area contributed by atoms with E-state index in [9.17, 15) is 13.2 Å². The van der Waals surface area contributed by atoms with Crippen LogP contribution in [0.4, 0.5) is 5.69 Å². The maximum absolute atomic E-state index is 12.2. The Balaban J connectivity index is 2.26. The van der Waals surface area contributed by atoms with E-state index in [4.69, 9.17) is 11.6 Å². The summed E-state index contributed by atoms with van der Waals surface area (Å²) in [5.74, 6) is -0.372. The van der Waals surface area contributed by atoms with Gasteiger partial charge in [0.25, 0.3) is 5.91 Å². The summed E-state index contributed by atoms with van der Waals surface area (Å²) in [6, 6.07) is 12.7. The van der Waals surface area contributed by atoms with Gasteiger partial charge in [-0.1, -0.05) is 17.7 Å². The molecule has 0 aliphatic rings. The zero-order valence-corrected chi connectivity index (χ0v) is 13.8. The van der Waals surface area contributed by atoms with E-state index in [0.717, 1.165) is 0 Å². The van der Waals surface area contributed by atoms with Crippen LogP contribution in [0, 0.1) is 0 Å². The molecule has 116 valence electrons. The van der Waals surface area contributed by atoms with Crippen LogP contribution in [0.25, 0.3) is 0 Å². The number of hydrogen-bond acceptors (Lipinski definition) is 3. The lowest BCUT2D eigenvalue weighted by atomic mass is 10.2. The highest BCUT2D eigenvalue weighted by atomic mass is 35.5. The number of anilines is 1. The molecule has 2 aromatic rings. The van der Waals surface area contributed by atoms with Gasteiger partial charge in [0.2, 0.25) is 0 Å². The molecule has 0 aliphatic heterocycles. The molecule has 1 amide bonds. The summed E-state index contributed by atoms with van der Waals surface area (Å²) in [6.45, 7) is 3.21. The number of carbonyl (C=O) groups is 1. The fraction of sp³-hybridized carbons (Fsp3) is 0.188. The van der Waals surface area contributed by atoms with Crippen molar-refractivity contribution in [2.45, 2.75) is 24.0 Å². The summed E-state index contributed by atoms with van der Waals surface area (Å²) < 4.78 is 24.3. The molecule has 0 radical (unpaired) electrons. The molecule has 0 fully saturated rings. The number of carbonyl (C=O) groups excluding carboxylic acids is 1. The van der Waals surface area contributed by atoms with Crippen molar-refractivity contribution >= 4 is 33.0 Å². The van der Waals surface area contributed by atoms with Crippen LogP contribution < -0.4 is 5.32 Å². The van der Waals surface area contributed by atoms with Gasteiger partial charge < -0.3 is 5.32 Å². The van der Waals surface area contributed by atoms with E-state index in [1.165, 1.54) is 12.1 Å². The zero-order chi connectivity index (χ0) is 16.3. The fourth-order valence-electron chi connectivity index (χ4n) is 1.82. The third-order valence-corrected chi connectivity index (χ3v) is 5.55. The Bertz CT molecular complexity index is 783. The van der Waals surface area contributed by atoms with Gasteiger partial charge in [0, 0.05) is 16.3 Å². The molecule has 0 bridgehead atoms. The molecule has 0 heterocycles. The van der Waals surface area contributed by atoms with Gasteiger partial charge in [-0.2, -0.15) is 0 Å². The number of nitrogens with one attached hydrogen (secondary N) is 1. The normalized spacial score (nSPS) is 11.5. The van der Waals surface area contributed by atoms with Crippen molar-refractivity contribution in [1.82, 2.24) is 0 Å². The molecule has 0 saturated heterocycles. The Labute approximate surface area is 135 Å². The molecule has 6 heteroatoms. The summed E-state index contributed by atoms with van der Waals surface area (Å²) in [7, 11) is -3.41. The Morgan fingerprint density at radius 2 is 1.73 bits per heavy atom. The Kier molecular flexibility index (Phi) is 4.88. The average Bonchev–Trinajstić information content (AvgIpc) is 2.49. The van der Waals surface area contributed by atoms with E-state index in [1.54, 1.807) is 50.2 Å². The molecule has 0 saturated carbocycles. The number of benzene rings is 2. The van der Waals surface area contributed by atoms with Crippen LogP contribution in [0.15, 0.2) is 53.4 Å². The van der Waals surface area contributed by atoms with Crippen molar-refractivity contribution in [1.29, 1.82) is 0 Å². The van der Waals surface area contributed by atoms with E-state index < -0.39 is 15.1 Å². The van der Waals surface area contributed by atoms with Crippen molar-refractivity contribution in [3.8, 4) is 0 Å². The number of hydrogen-bond donors (Lipinski definition) is 1. The summed E-state index contributed by atoms with van der Waals surface area (Å²) >= 11 is 5.79. The van der Waals surface area contributed by atoms with Crippen molar-refractivity contribution in [3.05, 3.63) is 59.1 Å². The van der Waals surface area contributed by atoms with E-state index in [2.05, 4.69) is 5.32 Å². The lowest BCUT2D eigenvalue weighted by molar-refractivity contribution is 0.102. The third kappa shape index (κ3) is 3.67. The first-order chi connectivity index (χ1) is 10.3. The van der Waals surface area contributed by atoms with Gasteiger partial charge in [-0.15, -0.1) is 0 Å². The number of amides is 1. The van der Waals surface area contributed by atoms with E-state index in [1.807, 2.05) is 0 Å². The lowest BCUT2D eigenvalue weighted by Crippen LogP contribution is -2.16. The molecule has 2 aromatic carbocycles. The predicted molar refractivity (Wildman–Crippen MR) is 88.2 cm³/mol. The molecule has 0 aliphatic carbocycles. The molecule has 1 N–H and O–H groups in total. The molecule has 0 unspecified atom stereocenters. The van der Waals surface area contributed by atoms with Crippen molar-refractivity contribution in [3.63, 3.8) is 0 Å². The van der Waals surface area contributed by atoms with Gasteiger partial charge in [0.05, 0.1) is 10.1 Å². The highest BCUT2D eigenvalue weighted by Gasteiger charge is 2.20.